The van der Waals surface area contributed by atoms with Crippen molar-refractivity contribution in [2.75, 3.05) is 11.5 Å². The summed E-state index contributed by atoms with van der Waals surface area (Å²) in [7, 11) is 0. The molecule has 3 aliphatic rings. The van der Waals surface area contributed by atoms with Gasteiger partial charge in [-0.2, -0.15) is 0 Å². The number of imide groups is 1. The average Bonchev–Trinajstić information content (AvgIpc) is 3.46. The van der Waals surface area contributed by atoms with Gasteiger partial charge in [0.15, 0.2) is 12.4 Å². The summed E-state index contributed by atoms with van der Waals surface area (Å²) in [5.74, 6) is -1.60. The van der Waals surface area contributed by atoms with Crippen LogP contribution in [0.2, 0.25) is 5.02 Å². The molecule has 0 spiro atoms. The average molecular weight is 436 g/mol. The molecule has 0 radical (unpaired) electrons. The van der Waals surface area contributed by atoms with E-state index in [-0.39, 0.29) is 46.8 Å². The number of anilines is 1. The van der Waals surface area contributed by atoms with E-state index in [1.54, 1.807) is 36.4 Å². The maximum Gasteiger partial charge on any atom is 0.338 e. The van der Waals surface area contributed by atoms with Crippen LogP contribution in [0.1, 0.15) is 27.1 Å². The lowest BCUT2D eigenvalue weighted by atomic mass is 9.85. The van der Waals surface area contributed by atoms with Gasteiger partial charge in [-0.3, -0.25) is 19.3 Å². The number of ketones is 1. The Kier molecular flexibility index (Phi) is 4.74. The molecule has 7 heteroatoms. The molecule has 156 valence electrons. The van der Waals surface area contributed by atoms with Gasteiger partial charge in [0.2, 0.25) is 11.8 Å². The molecule has 1 aliphatic heterocycles. The van der Waals surface area contributed by atoms with E-state index in [4.69, 9.17) is 16.3 Å². The number of ether oxygens (including phenoxy) is 1. The molecule has 0 aromatic heterocycles. The van der Waals surface area contributed by atoms with Crippen LogP contribution in [0.3, 0.4) is 0 Å². The zero-order valence-electron chi connectivity index (χ0n) is 16.4. The van der Waals surface area contributed by atoms with Crippen LogP contribution in [-0.2, 0) is 14.3 Å². The molecule has 1 saturated carbocycles. The molecule has 1 saturated heterocycles. The summed E-state index contributed by atoms with van der Waals surface area (Å²) >= 11 is 5.80. The first-order valence-electron chi connectivity index (χ1n) is 10.1. The van der Waals surface area contributed by atoms with Crippen molar-refractivity contribution >= 4 is 40.9 Å². The Hall–Kier alpha value is -3.25. The fourth-order valence-electron chi connectivity index (χ4n) is 4.84. The molecule has 5 rings (SSSR count). The maximum atomic E-state index is 12.9. The molecule has 1 heterocycles. The fourth-order valence-corrected chi connectivity index (χ4v) is 4.96. The van der Waals surface area contributed by atoms with Crippen molar-refractivity contribution in [1.82, 2.24) is 0 Å². The topological polar surface area (TPSA) is 80.8 Å². The van der Waals surface area contributed by atoms with E-state index in [0.29, 0.717) is 16.3 Å². The number of carbonyl (C=O) groups is 4. The van der Waals surface area contributed by atoms with E-state index in [9.17, 15) is 19.2 Å². The molecule has 0 unspecified atom stereocenters. The number of hydrogen-bond donors (Lipinski definition) is 0. The van der Waals surface area contributed by atoms with Crippen LogP contribution in [0.25, 0.3) is 0 Å². The van der Waals surface area contributed by atoms with E-state index in [1.807, 2.05) is 12.2 Å². The molecule has 2 bridgehead atoms. The molecule has 31 heavy (non-hydrogen) atoms. The normalized spacial score (nSPS) is 25.8. The minimum Gasteiger partial charge on any atom is -0.454 e. The number of allylic oxidation sites excluding steroid dienone is 2. The Labute approximate surface area is 183 Å². The van der Waals surface area contributed by atoms with E-state index in [2.05, 4.69) is 0 Å². The maximum absolute atomic E-state index is 12.9. The highest BCUT2D eigenvalue weighted by Crippen LogP contribution is 2.53. The number of nitrogens with zero attached hydrogens (tertiary/aromatic N) is 1. The van der Waals surface area contributed by atoms with Gasteiger partial charge in [-0.1, -0.05) is 23.8 Å². The predicted molar refractivity (Wildman–Crippen MR) is 113 cm³/mol. The summed E-state index contributed by atoms with van der Waals surface area (Å²) in [5, 5.41) is 0.510. The van der Waals surface area contributed by atoms with Gasteiger partial charge in [0, 0.05) is 10.6 Å². The third-order valence-electron chi connectivity index (χ3n) is 6.33. The lowest BCUT2D eigenvalue weighted by Crippen LogP contribution is -2.32. The second-order valence-electron chi connectivity index (χ2n) is 8.06. The number of benzene rings is 2. The van der Waals surface area contributed by atoms with Crippen LogP contribution in [-0.4, -0.2) is 30.2 Å². The van der Waals surface area contributed by atoms with Crippen molar-refractivity contribution in [3.63, 3.8) is 0 Å². The van der Waals surface area contributed by atoms with Gasteiger partial charge in [0.1, 0.15) is 0 Å². The molecule has 0 N–H and O–H groups in total. The molecular formula is C24H18ClNO5. The zero-order valence-corrected chi connectivity index (χ0v) is 17.1. The summed E-state index contributed by atoms with van der Waals surface area (Å²) in [5.41, 5.74) is 1.07. The van der Waals surface area contributed by atoms with Gasteiger partial charge in [0.05, 0.1) is 23.1 Å². The number of carbonyl (C=O) groups excluding carboxylic acids is 4. The van der Waals surface area contributed by atoms with Gasteiger partial charge < -0.3 is 4.74 Å². The van der Waals surface area contributed by atoms with Crippen LogP contribution in [0.15, 0.2) is 60.7 Å². The first kappa shape index (κ1) is 19.7. The van der Waals surface area contributed by atoms with Crippen molar-refractivity contribution in [2.24, 2.45) is 23.7 Å². The Morgan fingerprint density at radius 1 is 0.871 bits per heavy atom. The van der Waals surface area contributed by atoms with Gasteiger partial charge in [0.25, 0.3) is 0 Å². The number of fused-ring (bicyclic) bond motifs is 5. The first-order chi connectivity index (χ1) is 14.9. The second kappa shape index (κ2) is 7.46. The van der Waals surface area contributed by atoms with Crippen LogP contribution < -0.4 is 4.90 Å². The molecule has 2 aliphatic carbocycles. The SMILES string of the molecule is O=C(COC(=O)c1ccc(N2C(=O)[C@@H]3[C@@H](C2=O)[C@H]2C=C[C@@H]3C2)cc1)c1ccc(Cl)cc1. The van der Waals surface area contributed by atoms with E-state index in [0.717, 1.165) is 6.42 Å². The van der Waals surface area contributed by atoms with E-state index < -0.39 is 12.6 Å². The van der Waals surface area contributed by atoms with Crippen molar-refractivity contribution in [2.45, 2.75) is 6.42 Å². The minimum atomic E-state index is -0.660. The summed E-state index contributed by atoms with van der Waals surface area (Å²) in [6.07, 6.45) is 4.97. The Morgan fingerprint density at radius 3 is 2.00 bits per heavy atom. The van der Waals surface area contributed by atoms with Gasteiger partial charge >= 0.3 is 5.97 Å². The molecule has 2 amide bonds. The summed E-state index contributed by atoms with van der Waals surface area (Å²) in [6, 6.07) is 12.4. The van der Waals surface area contributed by atoms with Gasteiger partial charge in [-0.15, -0.1) is 0 Å². The van der Waals surface area contributed by atoms with Crippen molar-refractivity contribution in [3.8, 4) is 0 Å². The number of amides is 2. The largest absolute Gasteiger partial charge is 0.454 e. The van der Waals surface area contributed by atoms with Crippen LogP contribution in [0.4, 0.5) is 5.69 Å². The number of esters is 1. The third-order valence-corrected chi connectivity index (χ3v) is 6.58. The zero-order chi connectivity index (χ0) is 21.7. The van der Waals surface area contributed by atoms with Crippen LogP contribution >= 0.6 is 11.6 Å². The molecule has 6 nitrogen and oxygen atoms in total. The highest BCUT2D eigenvalue weighted by atomic mass is 35.5. The van der Waals surface area contributed by atoms with Crippen LogP contribution in [0, 0.1) is 23.7 Å². The molecular weight excluding hydrogens is 418 g/mol. The van der Waals surface area contributed by atoms with E-state index in [1.165, 1.54) is 17.0 Å². The quantitative estimate of drug-likeness (QED) is 0.309. The number of hydrogen-bond acceptors (Lipinski definition) is 5. The number of rotatable bonds is 5. The van der Waals surface area contributed by atoms with Crippen LogP contribution in [0.5, 0.6) is 0 Å². The highest BCUT2D eigenvalue weighted by Gasteiger charge is 2.59. The first-order valence-corrected chi connectivity index (χ1v) is 10.4. The molecule has 2 fully saturated rings. The molecule has 2 aromatic rings. The van der Waals surface area contributed by atoms with Crippen molar-refractivity contribution in [3.05, 3.63) is 76.8 Å². The van der Waals surface area contributed by atoms with Gasteiger partial charge in [-0.05, 0) is 66.8 Å². The second-order valence-corrected chi connectivity index (χ2v) is 8.50. The lowest BCUT2D eigenvalue weighted by Gasteiger charge is -2.17. The molecule has 2 aromatic carbocycles. The monoisotopic (exact) mass is 435 g/mol. The fraction of sp³-hybridized carbons (Fsp3) is 0.250. The number of halogens is 1. The summed E-state index contributed by atoms with van der Waals surface area (Å²) in [4.78, 5) is 51.4. The van der Waals surface area contributed by atoms with E-state index >= 15 is 0 Å². The predicted octanol–water partition coefficient (Wildman–Crippen LogP) is 3.69. The summed E-state index contributed by atoms with van der Waals surface area (Å²) < 4.78 is 5.10. The summed E-state index contributed by atoms with van der Waals surface area (Å²) in [6.45, 7) is -0.398. The lowest BCUT2D eigenvalue weighted by molar-refractivity contribution is -0.123. The highest BCUT2D eigenvalue weighted by molar-refractivity contribution is 6.30. The van der Waals surface area contributed by atoms with Crippen molar-refractivity contribution in [1.29, 1.82) is 0 Å². The minimum absolute atomic E-state index is 0.142. The third kappa shape index (κ3) is 3.27. The Morgan fingerprint density at radius 2 is 1.42 bits per heavy atom. The van der Waals surface area contributed by atoms with Crippen molar-refractivity contribution < 1.29 is 23.9 Å². The number of Topliss-reactive ketones (excluding diaryl/α,β-unsaturated/α-hetero) is 1. The standard InChI is InChI=1S/C24H18ClNO5/c25-17-7-3-13(4-8-17)19(27)12-31-24(30)14-5-9-18(10-6-14)26-22(28)20-15-1-2-16(11-15)21(20)23(26)29/h1-10,15-16,20-21H,11-12H2/t15-,16+,20-,21-/m0/s1. The smallest absolute Gasteiger partial charge is 0.338 e. The Balaban J connectivity index is 1.24. The molecule has 4 atom stereocenters. The Bertz CT molecular complexity index is 1090. The van der Waals surface area contributed by atoms with Gasteiger partial charge in [-0.25, -0.2) is 4.79 Å².